The Bertz CT molecular complexity index is 1300. The van der Waals surface area contributed by atoms with E-state index in [1.54, 1.807) is 0 Å². The summed E-state index contributed by atoms with van der Waals surface area (Å²) in [5.41, 5.74) is 13.4. The second-order valence-corrected chi connectivity index (χ2v) is 7.85. The minimum atomic E-state index is 0.737. The number of aromatic amines is 1. The Labute approximate surface area is 177 Å². The number of aryl methyl sites for hydroxylation is 1. The number of rotatable bonds is 6. The van der Waals surface area contributed by atoms with Crippen molar-refractivity contribution in [1.82, 2.24) is 4.98 Å². The maximum atomic E-state index is 5.80. The summed E-state index contributed by atoms with van der Waals surface area (Å²) >= 11 is 0. The number of hydrogen-bond acceptors (Lipinski definition) is 1. The van der Waals surface area contributed by atoms with Gasteiger partial charge in [-0.25, -0.2) is 0 Å². The molecule has 0 fully saturated rings. The maximum Gasteiger partial charge on any atom is 0.0541 e. The van der Waals surface area contributed by atoms with E-state index in [0.29, 0.717) is 0 Å². The van der Waals surface area contributed by atoms with Crippen LogP contribution < -0.4 is 5.73 Å². The highest BCUT2D eigenvalue weighted by Gasteiger charge is 2.17. The number of hydrogen-bond donors (Lipinski definition) is 2. The standard InChI is InChI=1S/C28H26N2/c29-19-9-8-16-25-26-18-17-21-12-4-5-14-23(21)27(26)30-28(25)24-15-7-6-13-22(24)20-10-2-1-3-11-20/h1-7,10-15,17-18,30H,8-9,16,19,29H2. The van der Waals surface area contributed by atoms with E-state index in [0.717, 1.165) is 25.8 Å². The van der Waals surface area contributed by atoms with Crippen LogP contribution in [-0.2, 0) is 6.42 Å². The molecule has 2 heteroatoms. The van der Waals surface area contributed by atoms with Crippen molar-refractivity contribution in [1.29, 1.82) is 0 Å². The Morgan fingerprint density at radius 3 is 2.20 bits per heavy atom. The lowest BCUT2D eigenvalue weighted by atomic mass is 9.93. The Kier molecular flexibility index (Phi) is 5.08. The molecule has 0 spiro atoms. The summed E-state index contributed by atoms with van der Waals surface area (Å²) in [6, 6.07) is 32.5. The zero-order chi connectivity index (χ0) is 20.3. The SMILES string of the molecule is NCCCCc1c(-c2ccccc2-c2ccccc2)[nH]c2c1ccc1ccccc12. The van der Waals surface area contributed by atoms with Crippen LogP contribution in [0.25, 0.3) is 44.1 Å². The highest BCUT2D eigenvalue weighted by Crippen LogP contribution is 2.39. The minimum absolute atomic E-state index is 0.737. The molecule has 148 valence electrons. The topological polar surface area (TPSA) is 41.8 Å². The highest BCUT2D eigenvalue weighted by molar-refractivity contribution is 6.09. The highest BCUT2D eigenvalue weighted by atomic mass is 14.7. The molecule has 0 aliphatic carbocycles. The molecule has 4 aromatic carbocycles. The summed E-state index contributed by atoms with van der Waals surface area (Å²) < 4.78 is 0. The van der Waals surface area contributed by atoms with Crippen molar-refractivity contribution in [2.45, 2.75) is 19.3 Å². The second-order valence-electron chi connectivity index (χ2n) is 7.85. The lowest BCUT2D eigenvalue weighted by Crippen LogP contribution is -1.99. The molecule has 5 aromatic rings. The fraction of sp³-hybridized carbons (Fsp3) is 0.143. The lowest BCUT2D eigenvalue weighted by molar-refractivity contribution is 0.748. The van der Waals surface area contributed by atoms with Gasteiger partial charge in [-0.15, -0.1) is 0 Å². The quantitative estimate of drug-likeness (QED) is 0.303. The molecule has 0 radical (unpaired) electrons. The van der Waals surface area contributed by atoms with Crippen molar-refractivity contribution < 1.29 is 0 Å². The molecule has 0 bridgehead atoms. The van der Waals surface area contributed by atoms with E-state index in [9.17, 15) is 0 Å². The smallest absolute Gasteiger partial charge is 0.0541 e. The van der Waals surface area contributed by atoms with Crippen LogP contribution >= 0.6 is 0 Å². The van der Waals surface area contributed by atoms with Crippen LogP contribution in [0.5, 0.6) is 0 Å². The molecule has 0 atom stereocenters. The normalized spacial score (nSPS) is 11.4. The molecule has 0 amide bonds. The molecular formula is C28H26N2. The van der Waals surface area contributed by atoms with E-state index >= 15 is 0 Å². The number of nitrogens with two attached hydrogens (primary N) is 1. The summed E-state index contributed by atoms with van der Waals surface area (Å²) in [6.07, 6.45) is 3.16. The Morgan fingerprint density at radius 2 is 1.37 bits per heavy atom. The molecule has 30 heavy (non-hydrogen) atoms. The first kappa shape index (κ1) is 18.7. The first-order valence-electron chi connectivity index (χ1n) is 10.7. The van der Waals surface area contributed by atoms with Gasteiger partial charge in [0, 0.05) is 16.3 Å². The molecular weight excluding hydrogens is 364 g/mol. The number of unbranched alkanes of at least 4 members (excludes halogenated alkanes) is 1. The van der Waals surface area contributed by atoms with Gasteiger partial charge in [0.25, 0.3) is 0 Å². The molecule has 0 saturated carbocycles. The van der Waals surface area contributed by atoms with Crippen LogP contribution in [0.2, 0.25) is 0 Å². The predicted molar refractivity (Wildman–Crippen MR) is 129 cm³/mol. The van der Waals surface area contributed by atoms with E-state index in [-0.39, 0.29) is 0 Å². The van der Waals surface area contributed by atoms with Crippen LogP contribution in [0.15, 0.2) is 91.0 Å². The number of H-pyrrole nitrogens is 1. The van der Waals surface area contributed by atoms with Crippen LogP contribution in [0.4, 0.5) is 0 Å². The van der Waals surface area contributed by atoms with Crippen molar-refractivity contribution in [2.24, 2.45) is 5.73 Å². The number of fused-ring (bicyclic) bond motifs is 3. The van der Waals surface area contributed by atoms with E-state index in [1.165, 1.54) is 49.6 Å². The van der Waals surface area contributed by atoms with Crippen molar-refractivity contribution >= 4 is 21.7 Å². The average molecular weight is 391 g/mol. The molecule has 1 aromatic heterocycles. The maximum absolute atomic E-state index is 5.80. The van der Waals surface area contributed by atoms with E-state index in [4.69, 9.17) is 5.73 Å². The Balaban J connectivity index is 1.77. The summed E-state index contributed by atoms with van der Waals surface area (Å²) in [7, 11) is 0. The van der Waals surface area contributed by atoms with Gasteiger partial charge in [-0.05, 0) is 47.9 Å². The Hall–Kier alpha value is -3.36. The average Bonchev–Trinajstić information content (AvgIpc) is 3.19. The second kappa shape index (κ2) is 8.17. The first-order chi connectivity index (χ1) is 14.9. The van der Waals surface area contributed by atoms with Crippen LogP contribution in [0.3, 0.4) is 0 Å². The van der Waals surface area contributed by atoms with Crippen LogP contribution in [-0.4, -0.2) is 11.5 Å². The molecule has 0 saturated heterocycles. The summed E-state index contributed by atoms with van der Waals surface area (Å²) in [5, 5.41) is 3.87. The molecule has 1 heterocycles. The third kappa shape index (κ3) is 3.30. The van der Waals surface area contributed by atoms with E-state index < -0.39 is 0 Å². The molecule has 0 unspecified atom stereocenters. The van der Waals surface area contributed by atoms with Crippen LogP contribution in [0, 0.1) is 0 Å². The summed E-state index contributed by atoms with van der Waals surface area (Å²) in [6.45, 7) is 0.737. The third-order valence-corrected chi connectivity index (χ3v) is 5.97. The van der Waals surface area contributed by atoms with E-state index in [1.807, 2.05) is 0 Å². The fourth-order valence-corrected chi connectivity index (χ4v) is 4.50. The first-order valence-corrected chi connectivity index (χ1v) is 10.7. The van der Waals surface area contributed by atoms with Gasteiger partial charge in [-0.3, -0.25) is 0 Å². The molecule has 2 nitrogen and oxygen atoms in total. The lowest BCUT2D eigenvalue weighted by Gasteiger charge is -2.11. The van der Waals surface area contributed by atoms with Gasteiger partial charge >= 0.3 is 0 Å². The fourth-order valence-electron chi connectivity index (χ4n) is 4.50. The van der Waals surface area contributed by atoms with Gasteiger partial charge in [0.1, 0.15) is 0 Å². The van der Waals surface area contributed by atoms with E-state index in [2.05, 4.69) is 96.0 Å². The number of aromatic nitrogens is 1. The number of benzene rings is 4. The van der Waals surface area contributed by atoms with Crippen molar-refractivity contribution in [2.75, 3.05) is 6.54 Å². The van der Waals surface area contributed by atoms with Gasteiger partial charge in [-0.1, -0.05) is 91.0 Å². The largest absolute Gasteiger partial charge is 0.354 e. The van der Waals surface area contributed by atoms with Crippen LogP contribution in [0.1, 0.15) is 18.4 Å². The van der Waals surface area contributed by atoms with Crippen molar-refractivity contribution in [3.05, 3.63) is 96.6 Å². The van der Waals surface area contributed by atoms with Gasteiger partial charge in [0.2, 0.25) is 0 Å². The predicted octanol–water partition coefficient (Wildman–Crippen LogP) is 6.94. The monoisotopic (exact) mass is 390 g/mol. The van der Waals surface area contributed by atoms with Crippen molar-refractivity contribution in [3.63, 3.8) is 0 Å². The summed E-state index contributed by atoms with van der Waals surface area (Å²) in [5.74, 6) is 0. The van der Waals surface area contributed by atoms with Gasteiger partial charge in [-0.2, -0.15) is 0 Å². The third-order valence-electron chi connectivity index (χ3n) is 5.97. The van der Waals surface area contributed by atoms with Gasteiger partial charge in [0.05, 0.1) is 11.2 Å². The number of nitrogens with one attached hydrogen (secondary N) is 1. The molecule has 0 aliphatic heterocycles. The summed E-state index contributed by atoms with van der Waals surface area (Å²) in [4.78, 5) is 3.83. The molecule has 5 rings (SSSR count). The van der Waals surface area contributed by atoms with Crippen molar-refractivity contribution in [3.8, 4) is 22.4 Å². The van der Waals surface area contributed by atoms with Gasteiger partial charge in [0.15, 0.2) is 0 Å². The molecule has 3 N–H and O–H groups in total. The Morgan fingerprint density at radius 1 is 0.633 bits per heavy atom. The minimum Gasteiger partial charge on any atom is -0.354 e. The molecule has 0 aliphatic rings. The zero-order valence-electron chi connectivity index (χ0n) is 17.1. The van der Waals surface area contributed by atoms with Gasteiger partial charge < -0.3 is 10.7 Å². The zero-order valence-corrected chi connectivity index (χ0v) is 17.1.